The molecule has 1 heterocycles. The lowest BCUT2D eigenvalue weighted by Gasteiger charge is -2.26. The third-order valence-electron chi connectivity index (χ3n) is 3.71. The fraction of sp³-hybridized carbons (Fsp3) is 0.500. The Labute approximate surface area is 148 Å². The SMILES string of the molecule is CCOc1ccc2cc(C(=O)N(CC(C)C)CC(C)C)c(=O)oc2c1. The zero-order valence-corrected chi connectivity index (χ0v) is 15.7. The van der Waals surface area contributed by atoms with Crippen molar-refractivity contribution in [3.05, 3.63) is 40.2 Å². The molecule has 0 aliphatic rings. The molecule has 0 saturated carbocycles. The van der Waals surface area contributed by atoms with Gasteiger partial charge < -0.3 is 14.1 Å². The molecule has 2 aromatic rings. The van der Waals surface area contributed by atoms with E-state index in [9.17, 15) is 9.59 Å². The Hall–Kier alpha value is -2.30. The van der Waals surface area contributed by atoms with Crippen LogP contribution in [0, 0.1) is 11.8 Å². The highest BCUT2D eigenvalue weighted by molar-refractivity contribution is 5.96. The molecule has 2 rings (SSSR count). The van der Waals surface area contributed by atoms with Crippen molar-refractivity contribution in [2.75, 3.05) is 19.7 Å². The molecular weight excluding hydrogens is 318 g/mol. The van der Waals surface area contributed by atoms with Crippen molar-refractivity contribution in [2.24, 2.45) is 11.8 Å². The zero-order chi connectivity index (χ0) is 18.6. The van der Waals surface area contributed by atoms with Gasteiger partial charge in [-0.15, -0.1) is 0 Å². The second-order valence-electron chi connectivity index (χ2n) is 7.08. The standard InChI is InChI=1S/C20H27NO4/c1-6-24-16-8-7-15-9-17(20(23)25-18(15)10-16)19(22)21(11-13(2)3)12-14(4)5/h7-10,13-14H,6,11-12H2,1-5H3. The lowest BCUT2D eigenvalue weighted by Crippen LogP contribution is -2.39. The average molecular weight is 345 g/mol. The summed E-state index contributed by atoms with van der Waals surface area (Å²) in [6.45, 7) is 11.9. The van der Waals surface area contributed by atoms with Gasteiger partial charge in [-0.3, -0.25) is 4.79 Å². The number of carbonyl (C=O) groups is 1. The van der Waals surface area contributed by atoms with Gasteiger partial charge in [0.1, 0.15) is 16.9 Å². The average Bonchev–Trinajstić information content (AvgIpc) is 2.52. The minimum Gasteiger partial charge on any atom is -0.494 e. The minimum absolute atomic E-state index is 0.0814. The molecule has 0 aliphatic carbocycles. The minimum atomic E-state index is -0.608. The Morgan fingerprint density at radius 1 is 1.12 bits per heavy atom. The third-order valence-corrected chi connectivity index (χ3v) is 3.71. The molecule has 5 heteroatoms. The van der Waals surface area contributed by atoms with Crippen molar-refractivity contribution in [1.82, 2.24) is 4.90 Å². The number of hydrogen-bond acceptors (Lipinski definition) is 4. The summed E-state index contributed by atoms with van der Waals surface area (Å²) < 4.78 is 10.8. The zero-order valence-electron chi connectivity index (χ0n) is 15.7. The predicted molar refractivity (Wildman–Crippen MR) is 99.2 cm³/mol. The van der Waals surface area contributed by atoms with Crippen LogP contribution in [0.15, 0.2) is 33.5 Å². The van der Waals surface area contributed by atoms with Crippen LogP contribution in [0.5, 0.6) is 5.75 Å². The second-order valence-corrected chi connectivity index (χ2v) is 7.08. The van der Waals surface area contributed by atoms with Gasteiger partial charge in [0, 0.05) is 24.5 Å². The molecule has 136 valence electrons. The number of benzene rings is 1. The van der Waals surface area contributed by atoms with Crippen LogP contribution in [0.3, 0.4) is 0 Å². The Morgan fingerprint density at radius 3 is 2.32 bits per heavy atom. The molecule has 0 radical (unpaired) electrons. The highest BCUT2D eigenvalue weighted by Gasteiger charge is 2.22. The van der Waals surface area contributed by atoms with Crippen LogP contribution in [-0.4, -0.2) is 30.5 Å². The van der Waals surface area contributed by atoms with Crippen LogP contribution >= 0.6 is 0 Å². The molecule has 0 atom stereocenters. The number of amides is 1. The van der Waals surface area contributed by atoms with Crippen molar-refractivity contribution in [3.63, 3.8) is 0 Å². The summed E-state index contributed by atoms with van der Waals surface area (Å²) in [5, 5.41) is 0.709. The van der Waals surface area contributed by atoms with Crippen molar-refractivity contribution in [3.8, 4) is 5.75 Å². The maximum Gasteiger partial charge on any atom is 0.349 e. The molecule has 0 fully saturated rings. The van der Waals surface area contributed by atoms with E-state index in [4.69, 9.17) is 9.15 Å². The molecule has 1 amide bonds. The van der Waals surface area contributed by atoms with Gasteiger partial charge in [-0.25, -0.2) is 4.79 Å². The first-order chi connectivity index (χ1) is 11.8. The van der Waals surface area contributed by atoms with Crippen LogP contribution in [0.25, 0.3) is 11.0 Å². The summed E-state index contributed by atoms with van der Waals surface area (Å²) in [7, 11) is 0. The summed E-state index contributed by atoms with van der Waals surface area (Å²) in [4.78, 5) is 27.0. The summed E-state index contributed by atoms with van der Waals surface area (Å²) in [5.41, 5.74) is -0.103. The van der Waals surface area contributed by atoms with Gasteiger partial charge in [-0.05, 0) is 37.0 Å². The van der Waals surface area contributed by atoms with Crippen LogP contribution in [0.1, 0.15) is 45.0 Å². The molecule has 1 aromatic carbocycles. The Kier molecular flexibility index (Phi) is 6.23. The van der Waals surface area contributed by atoms with Gasteiger partial charge in [0.15, 0.2) is 0 Å². The lowest BCUT2D eigenvalue weighted by atomic mass is 10.1. The van der Waals surface area contributed by atoms with Gasteiger partial charge in [0.25, 0.3) is 5.91 Å². The van der Waals surface area contributed by atoms with Crippen molar-refractivity contribution < 1.29 is 13.9 Å². The summed E-state index contributed by atoms with van der Waals surface area (Å²) in [6.07, 6.45) is 0. The van der Waals surface area contributed by atoms with Gasteiger partial charge in [0.2, 0.25) is 0 Å². The first-order valence-electron chi connectivity index (χ1n) is 8.81. The summed E-state index contributed by atoms with van der Waals surface area (Å²) in [5.74, 6) is 1.01. The highest BCUT2D eigenvalue weighted by Crippen LogP contribution is 2.21. The molecule has 1 aromatic heterocycles. The maximum atomic E-state index is 12.9. The number of fused-ring (bicyclic) bond motifs is 1. The molecule has 25 heavy (non-hydrogen) atoms. The van der Waals surface area contributed by atoms with E-state index in [1.807, 2.05) is 6.92 Å². The molecular formula is C20H27NO4. The van der Waals surface area contributed by atoms with E-state index >= 15 is 0 Å². The lowest BCUT2D eigenvalue weighted by molar-refractivity contribution is 0.0711. The topological polar surface area (TPSA) is 59.8 Å². The Morgan fingerprint density at radius 2 is 1.76 bits per heavy atom. The fourth-order valence-corrected chi connectivity index (χ4v) is 2.79. The summed E-state index contributed by atoms with van der Waals surface area (Å²) in [6, 6.07) is 6.90. The number of carbonyl (C=O) groups excluding carboxylic acids is 1. The van der Waals surface area contributed by atoms with E-state index in [1.54, 1.807) is 29.2 Å². The normalized spacial score (nSPS) is 11.3. The van der Waals surface area contributed by atoms with E-state index in [2.05, 4.69) is 27.7 Å². The van der Waals surface area contributed by atoms with E-state index in [0.717, 1.165) is 0 Å². The smallest absolute Gasteiger partial charge is 0.349 e. The number of nitrogens with zero attached hydrogens (tertiary/aromatic N) is 1. The molecule has 0 spiro atoms. The maximum absolute atomic E-state index is 12.9. The molecule has 0 bridgehead atoms. The summed E-state index contributed by atoms with van der Waals surface area (Å²) >= 11 is 0. The second kappa shape index (κ2) is 8.19. The van der Waals surface area contributed by atoms with Gasteiger partial charge in [-0.2, -0.15) is 0 Å². The van der Waals surface area contributed by atoms with E-state index in [-0.39, 0.29) is 11.5 Å². The quantitative estimate of drug-likeness (QED) is 0.713. The van der Waals surface area contributed by atoms with Crippen molar-refractivity contribution >= 4 is 16.9 Å². The van der Waals surface area contributed by atoms with Crippen LogP contribution < -0.4 is 10.4 Å². The molecule has 0 unspecified atom stereocenters. The Bertz CT molecular complexity index is 782. The van der Waals surface area contributed by atoms with E-state index in [0.29, 0.717) is 48.3 Å². The van der Waals surface area contributed by atoms with Crippen LogP contribution in [0.4, 0.5) is 0 Å². The first kappa shape index (κ1) is 19.0. The molecule has 5 nitrogen and oxygen atoms in total. The number of rotatable bonds is 7. The van der Waals surface area contributed by atoms with Crippen molar-refractivity contribution in [2.45, 2.75) is 34.6 Å². The largest absolute Gasteiger partial charge is 0.494 e. The first-order valence-corrected chi connectivity index (χ1v) is 8.81. The van der Waals surface area contributed by atoms with Gasteiger partial charge >= 0.3 is 5.63 Å². The molecule has 0 saturated heterocycles. The number of hydrogen-bond donors (Lipinski definition) is 0. The third kappa shape index (κ3) is 4.84. The molecule has 0 aliphatic heterocycles. The Balaban J connectivity index is 2.40. The fourth-order valence-electron chi connectivity index (χ4n) is 2.79. The van der Waals surface area contributed by atoms with E-state index in [1.165, 1.54) is 0 Å². The van der Waals surface area contributed by atoms with Crippen LogP contribution in [-0.2, 0) is 0 Å². The predicted octanol–water partition coefficient (Wildman–Crippen LogP) is 3.95. The van der Waals surface area contributed by atoms with Crippen molar-refractivity contribution in [1.29, 1.82) is 0 Å². The molecule has 0 N–H and O–H groups in total. The monoisotopic (exact) mass is 345 g/mol. The van der Waals surface area contributed by atoms with Gasteiger partial charge in [0.05, 0.1) is 6.61 Å². The number of ether oxygens (including phenoxy) is 1. The van der Waals surface area contributed by atoms with Gasteiger partial charge in [-0.1, -0.05) is 27.7 Å². The highest BCUT2D eigenvalue weighted by atomic mass is 16.5. The van der Waals surface area contributed by atoms with Crippen LogP contribution in [0.2, 0.25) is 0 Å². The van der Waals surface area contributed by atoms with E-state index < -0.39 is 5.63 Å².